The van der Waals surface area contributed by atoms with E-state index >= 15 is 0 Å². The summed E-state index contributed by atoms with van der Waals surface area (Å²) in [5.74, 6) is 1.46. The van der Waals surface area contributed by atoms with Gasteiger partial charge in [0.2, 0.25) is 0 Å². The Morgan fingerprint density at radius 1 is 1.40 bits per heavy atom. The first-order chi connectivity index (χ1) is 11.9. The molecule has 1 aromatic heterocycles. The van der Waals surface area contributed by atoms with E-state index in [9.17, 15) is 4.21 Å². The van der Waals surface area contributed by atoms with Gasteiger partial charge in [0.05, 0.1) is 0 Å². The zero-order valence-electron chi connectivity index (χ0n) is 15.9. The van der Waals surface area contributed by atoms with Crippen molar-refractivity contribution in [2.24, 2.45) is 4.99 Å². The van der Waals surface area contributed by atoms with Gasteiger partial charge in [-0.25, -0.2) is 0 Å². The molecule has 7 heteroatoms. The molecule has 0 bridgehead atoms. The molecule has 1 unspecified atom stereocenters. The summed E-state index contributed by atoms with van der Waals surface area (Å²) in [5.41, 5.74) is 1.42. The summed E-state index contributed by atoms with van der Waals surface area (Å²) in [4.78, 5) is 6.82. The Bertz CT molecular complexity index is 558. The molecule has 25 heavy (non-hydrogen) atoms. The Morgan fingerprint density at radius 3 is 2.68 bits per heavy atom. The lowest BCUT2D eigenvalue weighted by Gasteiger charge is -2.33. The summed E-state index contributed by atoms with van der Waals surface area (Å²) in [5, 5.41) is 11.2. The van der Waals surface area contributed by atoms with E-state index in [2.05, 4.69) is 37.4 Å². The van der Waals surface area contributed by atoms with Gasteiger partial charge in [-0.1, -0.05) is 0 Å². The van der Waals surface area contributed by atoms with E-state index in [-0.39, 0.29) is 4.75 Å². The fourth-order valence-electron chi connectivity index (χ4n) is 2.83. The number of guanidine groups is 1. The molecule has 1 fully saturated rings. The Kier molecular flexibility index (Phi) is 7.90. The summed E-state index contributed by atoms with van der Waals surface area (Å²) in [6, 6.07) is 2.67. The molecule has 1 saturated heterocycles. The van der Waals surface area contributed by atoms with Crippen LogP contribution in [0.1, 0.15) is 39.2 Å². The van der Waals surface area contributed by atoms with Crippen LogP contribution in [-0.2, 0) is 17.3 Å². The molecule has 2 N–H and O–H groups in total. The van der Waals surface area contributed by atoms with Crippen LogP contribution in [0.4, 0.5) is 0 Å². The molecule has 0 saturated carbocycles. The molecule has 0 spiro atoms. The van der Waals surface area contributed by atoms with E-state index in [0.717, 1.165) is 38.4 Å². The summed E-state index contributed by atoms with van der Waals surface area (Å²) >= 11 is 1.77. The second-order valence-corrected chi connectivity index (χ2v) is 10.6. The van der Waals surface area contributed by atoms with E-state index < -0.39 is 10.8 Å². The van der Waals surface area contributed by atoms with E-state index in [1.54, 1.807) is 18.4 Å². The first-order valence-corrected chi connectivity index (χ1v) is 11.2. The third-order valence-electron chi connectivity index (χ3n) is 4.40. The topological polar surface area (TPSA) is 56.7 Å². The summed E-state index contributed by atoms with van der Waals surface area (Å²) in [6.07, 6.45) is 2.25. The number of thiophene rings is 1. The smallest absolute Gasteiger partial charge is 0.191 e. The molecule has 0 amide bonds. The van der Waals surface area contributed by atoms with Crippen molar-refractivity contribution in [3.05, 3.63) is 22.4 Å². The van der Waals surface area contributed by atoms with Crippen LogP contribution in [0.15, 0.2) is 21.8 Å². The molecule has 1 atom stereocenters. The number of hydrogen-bond donors (Lipinski definition) is 2. The monoisotopic (exact) mass is 384 g/mol. The maximum atomic E-state index is 12.1. The lowest BCUT2D eigenvalue weighted by molar-refractivity contribution is 0.198. The number of aliphatic imine (C=N–C) groups is 1. The SMILES string of the molecule is CN=C(NCCS(=O)C(C)(C)C)NC1CCN(Cc2ccsc2)CC1. The van der Waals surface area contributed by atoms with Gasteiger partial charge in [-0.2, -0.15) is 11.3 Å². The first kappa shape index (κ1) is 20.4. The normalized spacial score (nSPS) is 19.0. The fraction of sp³-hybridized carbons (Fsp3) is 0.722. The minimum absolute atomic E-state index is 0.159. The summed E-state index contributed by atoms with van der Waals surface area (Å²) < 4.78 is 11.9. The van der Waals surface area contributed by atoms with Crippen LogP contribution >= 0.6 is 11.3 Å². The van der Waals surface area contributed by atoms with Crippen LogP contribution in [0.2, 0.25) is 0 Å². The van der Waals surface area contributed by atoms with E-state index in [0.29, 0.717) is 18.3 Å². The minimum Gasteiger partial charge on any atom is -0.355 e. The van der Waals surface area contributed by atoms with Crippen LogP contribution in [-0.4, -0.2) is 58.3 Å². The largest absolute Gasteiger partial charge is 0.355 e. The summed E-state index contributed by atoms with van der Waals surface area (Å²) in [6.45, 7) is 10.00. The van der Waals surface area contributed by atoms with Gasteiger partial charge in [0.15, 0.2) is 5.96 Å². The van der Waals surface area contributed by atoms with Crippen molar-refractivity contribution in [3.63, 3.8) is 0 Å². The molecule has 142 valence electrons. The van der Waals surface area contributed by atoms with Gasteiger partial charge in [-0.05, 0) is 56.0 Å². The van der Waals surface area contributed by atoms with E-state index in [1.807, 2.05) is 20.8 Å². The van der Waals surface area contributed by atoms with E-state index in [4.69, 9.17) is 0 Å². The van der Waals surface area contributed by atoms with Gasteiger partial charge in [0.25, 0.3) is 0 Å². The first-order valence-electron chi connectivity index (χ1n) is 8.97. The van der Waals surface area contributed by atoms with Crippen LogP contribution < -0.4 is 10.6 Å². The Balaban J connectivity index is 1.68. The molecule has 5 nitrogen and oxygen atoms in total. The highest BCUT2D eigenvalue weighted by molar-refractivity contribution is 7.86. The molecule has 1 aliphatic rings. The molecule has 0 aliphatic carbocycles. The highest BCUT2D eigenvalue weighted by atomic mass is 32.2. The van der Waals surface area contributed by atoms with Crippen molar-refractivity contribution in [2.45, 2.75) is 50.9 Å². The van der Waals surface area contributed by atoms with Crippen LogP contribution in [0.25, 0.3) is 0 Å². The number of rotatable bonds is 6. The zero-order valence-corrected chi connectivity index (χ0v) is 17.5. The van der Waals surface area contributed by atoms with E-state index in [1.165, 1.54) is 5.56 Å². The van der Waals surface area contributed by atoms with Crippen molar-refractivity contribution in [3.8, 4) is 0 Å². The quantitative estimate of drug-likeness (QED) is 0.584. The lowest BCUT2D eigenvalue weighted by Crippen LogP contribution is -2.49. The zero-order chi connectivity index (χ0) is 18.3. The maximum Gasteiger partial charge on any atom is 0.191 e. The number of likely N-dealkylation sites (tertiary alicyclic amines) is 1. The maximum absolute atomic E-state index is 12.1. The highest BCUT2D eigenvalue weighted by Crippen LogP contribution is 2.15. The average Bonchev–Trinajstić information content (AvgIpc) is 3.07. The standard InChI is InChI=1S/C18H32N4OS2/c1-18(2,3)25(23)12-8-20-17(19-4)21-16-5-9-22(10-6-16)13-15-7-11-24-14-15/h7,11,14,16H,5-6,8-10,12-13H2,1-4H3,(H2,19,20,21). The van der Waals surface area contributed by atoms with Gasteiger partial charge < -0.3 is 10.6 Å². The molecule has 0 aromatic carbocycles. The summed E-state index contributed by atoms with van der Waals surface area (Å²) in [7, 11) is 0.959. The van der Waals surface area contributed by atoms with Crippen molar-refractivity contribution in [1.29, 1.82) is 0 Å². The number of hydrogen-bond acceptors (Lipinski definition) is 4. The molecular weight excluding hydrogens is 352 g/mol. The minimum atomic E-state index is -0.834. The van der Waals surface area contributed by atoms with Gasteiger partial charge in [0.1, 0.15) is 0 Å². The Hall–Kier alpha value is -0.920. The van der Waals surface area contributed by atoms with Crippen molar-refractivity contribution in [1.82, 2.24) is 15.5 Å². The lowest BCUT2D eigenvalue weighted by atomic mass is 10.0. The second-order valence-electron chi connectivity index (χ2n) is 7.49. The van der Waals surface area contributed by atoms with Crippen LogP contribution in [0.3, 0.4) is 0 Å². The molecular formula is C18H32N4OS2. The van der Waals surface area contributed by atoms with Gasteiger partial charge in [-0.3, -0.25) is 14.1 Å². The molecule has 2 rings (SSSR count). The molecule has 0 radical (unpaired) electrons. The Morgan fingerprint density at radius 2 is 2.12 bits per heavy atom. The predicted octanol–water partition coefficient (Wildman–Crippen LogP) is 2.42. The van der Waals surface area contributed by atoms with Crippen LogP contribution in [0.5, 0.6) is 0 Å². The van der Waals surface area contributed by atoms with Gasteiger partial charge in [0, 0.05) is 60.6 Å². The second kappa shape index (κ2) is 9.69. The number of nitrogens with one attached hydrogen (secondary N) is 2. The number of nitrogens with zero attached hydrogens (tertiary/aromatic N) is 2. The average molecular weight is 385 g/mol. The van der Waals surface area contributed by atoms with Crippen molar-refractivity contribution < 1.29 is 4.21 Å². The van der Waals surface area contributed by atoms with Crippen molar-refractivity contribution in [2.75, 3.05) is 32.4 Å². The molecule has 1 aromatic rings. The highest BCUT2D eigenvalue weighted by Gasteiger charge is 2.21. The molecule has 1 aliphatic heterocycles. The fourth-order valence-corrected chi connectivity index (χ4v) is 4.39. The third kappa shape index (κ3) is 7.07. The Labute approximate surface area is 158 Å². The predicted molar refractivity (Wildman–Crippen MR) is 110 cm³/mol. The molecule has 2 heterocycles. The van der Waals surface area contributed by atoms with Gasteiger partial charge >= 0.3 is 0 Å². The number of piperidine rings is 1. The third-order valence-corrected chi connectivity index (χ3v) is 7.07. The van der Waals surface area contributed by atoms with Crippen molar-refractivity contribution >= 4 is 28.1 Å². The van der Waals surface area contributed by atoms with Gasteiger partial charge in [-0.15, -0.1) is 0 Å². The van der Waals surface area contributed by atoms with Crippen LogP contribution in [0, 0.1) is 0 Å².